The number of sulfonamides is 1. The Morgan fingerprint density at radius 2 is 2.19 bits per heavy atom. The molecule has 0 saturated heterocycles. The van der Waals surface area contributed by atoms with Gasteiger partial charge in [-0.15, -0.1) is 0 Å². The molecule has 2 N–H and O–H groups in total. The first kappa shape index (κ1) is 16.0. The van der Waals surface area contributed by atoms with Crippen molar-refractivity contribution in [2.75, 3.05) is 13.2 Å². The van der Waals surface area contributed by atoms with Crippen LogP contribution in [-0.4, -0.2) is 37.7 Å². The third-order valence-electron chi connectivity index (χ3n) is 4.10. The molecule has 2 rings (SSSR count). The average Bonchev–Trinajstić information content (AvgIpc) is 3.04. The van der Waals surface area contributed by atoms with Crippen LogP contribution in [0.5, 0.6) is 0 Å². The van der Waals surface area contributed by atoms with Crippen LogP contribution in [0.2, 0.25) is 0 Å². The van der Waals surface area contributed by atoms with Gasteiger partial charge in [0.2, 0.25) is 0 Å². The van der Waals surface area contributed by atoms with E-state index in [-0.39, 0.29) is 22.6 Å². The number of aromatic amines is 1. The van der Waals surface area contributed by atoms with Crippen LogP contribution in [0.4, 0.5) is 0 Å². The Morgan fingerprint density at radius 1 is 1.52 bits per heavy atom. The number of carbonyl (C=O) groups is 1. The Hall–Kier alpha value is -1.41. The molecule has 0 atom stereocenters. The van der Waals surface area contributed by atoms with Gasteiger partial charge in [0.05, 0.1) is 12.8 Å². The van der Waals surface area contributed by atoms with Crippen LogP contribution in [0.1, 0.15) is 44.0 Å². The second-order valence-corrected chi connectivity index (χ2v) is 7.38. The monoisotopic (exact) mass is 315 g/mol. The highest BCUT2D eigenvalue weighted by molar-refractivity contribution is 7.89. The van der Waals surface area contributed by atoms with E-state index in [9.17, 15) is 13.2 Å². The summed E-state index contributed by atoms with van der Waals surface area (Å²) < 4.78 is 32.1. The van der Waals surface area contributed by atoms with E-state index in [1.54, 1.807) is 6.92 Å². The van der Waals surface area contributed by atoms with E-state index in [1.807, 2.05) is 0 Å². The number of aromatic nitrogens is 2. The minimum absolute atomic E-state index is 0.0389. The van der Waals surface area contributed by atoms with Crippen LogP contribution >= 0.6 is 0 Å². The Morgan fingerprint density at radius 3 is 2.71 bits per heavy atom. The fraction of sp³-hybridized carbons (Fsp3) is 0.692. The van der Waals surface area contributed by atoms with Crippen molar-refractivity contribution in [1.29, 1.82) is 0 Å². The number of H-pyrrole nitrogens is 1. The third kappa shape index (κ3) is 3.26. The molecule has 118 valence electrons. The molecule has 7 nitrogen and oxygen atoms in total. The number of esters is 1. The molecule has 1 aliphatic carbocycles. The predicted octanol–water partition coefficient (Wildman–Crippen LogP) is 1.30. The highest BCUT2D eigenvalue weighted by Crippen LogP contribution is 2.51. The van der Waals surface area contributed by atoms with Gasteiger partial charge in [-0.05, 0) is 31.1 Å². The average molecular weight is 315 g/mol. The largest absolute Gasteiger partial charge is 0.462 e. The topological polar surface area (TPSA) is 101 Å². The molecule has 1 saturated carbocycles. The third-order valence-corrected chi connectivity index (χ3v) is 5.47. The molecule has 0 radical (unpaired) electrons. The van der Waals surface area contributed by atoms with Gasteiger partial charge in [-0.3, -0.25) is 5.10 Å². The van der Waals surface area contributed by atoms with Crippen molar-refractivity contribution in [2.24, 2.45) is 11.3 Å². The van der Waals surface area contributed by atoms with Crippen LogP contribution in [-0.2, 0) is 14.8 Å². The number of ether oxygens (including phenoxy) is 1. The van der Waals surface area contributed by atoms with Crippen molar-refractivity contribution in [3.8, 4) is 0 Å². The molecule has 0 aliphatic heterocycles. The molecule has 8 heteroatoms. The van der Waals surface area contributed by atoms with E-state index >= 15 is 0 Å². The molecule has 1 heterocycles. The maximum atomic E-state index is 12.3. The Balaban J connectivity index is 2.14. The highest BCUT2D eigenvalue weighted by Gasteiger charge is 2.46. The van der Waals surface area contributed by atoms with Crippen LogP contribution < -0.4 is 4.72 Å². The maximum Gasteiger partial charge on any atom is 0.342 e. The van der Waals surface area contributed by atoms with E-state index in [1.165, 1.54) is 6.20 Å². The lowest BCUT2D eigenvalue weighted by Gasteiger charge is -2.19. The fourth-order valence-electron chi connectivity index (χ4n) is 2.26. The lowest BCUT2D eigenvalue weighted by atomic mass is 9.93. The van der Waals surface area contributed by atoms with Crippen molar-refractivity contribution >= 4 is 16.0 Å². The smallest absolute Gasteiger partial charge is 0.342 e. The molecule has 1 aromatic rings. The Kier molecular flexibility index (Phi) is 4.38. The van der Waals surface area contributed by atoms with E-state index < -0.39 is 16.0 Å². The lowest BCUT2D eigenvalue weighted by Crippen LogP contribution is -2.33. The molecule has 1 aromatic heterocycles. The first-order chi connectivity index (χ1) is 9.82. The summed E-state index contributed by atoms with van der Waals surface area (Å²) in [4.78, 5) is 11.7. The quantitative estimate of drug-likeness (QED) is 0.739. The van der Waals surface area contributed by atoms with Crippen molar-refractivity contribution < 1.29 is 17.9 Å². The molecule has 0 bridgehead atoms. The van der Waals surface area contributed by atoms with E-state index in [0.29, 0.717) is 12.5 Å². The number of nitrogens with zero attached hydrogens (tertiary/aromatic N) is 1. The number of hydrogen-bond donors (Lipinski definition) is 2. The van der Waals surface area contributed by atoms with Crippen LogP contribution in [0.25, 0.3) is 0 Å². The van der Waals surface area contributed by atoms with Crippen LogP contribution in [0.15, 0.2) is 11.2 Å². The minimum atomic E-state index is -3.81. The van der Waals surface area contributed by atoms with Gasteiger partial charge in [0.15, 0.2) is 5.03 Å². The second kappa shape index (κ2) is 5.76. The van der Waals surface area contributed by atoms with Gasteiger partial charge >= 0.3 is 5.97 Å². The molecule has 21 heavy (non-hydrogen) atoms. The fourth-order valence-corrected chi connectivity index (χ4v) is 3.48. The Bertz CT molecular complexity index is 617. The molecule has 1 fully saturated rings. The van der Waals surface area contributed by atoms with E-state index in [0.717, 1.165) is 12.8 Å². The van der Waals surface area contributed by atoms with Crippen molar-refractivity contribution in [3.05, 3.63) is 11.8 Å². The SMILES string of the molecule is CCOC(=O)c1cn[nH]c1S(=O)(=O)NCC1(C(C)C)CC1. The first-order valence-corrected chi connectivity index (χ1v) is 8.51. The summed E-state index contributed by atoms with van der Waals surface area (Å²) in [5.74, 6) is -0.289. The molecular weight excluding hydrogens is 294 g/mol. The maximum absolute atomic E-state index is 12.3. The first-order valence-electron chi connectivity index (χ1n) is 7.02. The van der Waals surface area contributed by atoms with Gasteiger partial charge in [0.1, 0.15) is 5.56 Å². The van der Waals surface area contributed by atoms with Crippen molar-refractivity contribution in [1.82, 2.24) is 14.9 Å². The molecule has 0 unspecified atom stereocenters. The summed E-state index contributed by atoms with van der Waals surface area (Å²) in [6, 6.07) is 0. The number of rotatable bonds is 7. The van der Waals surface area contributed by atoms with Crippen molar-refractivity contribution in [2.45, 2.75) is 38.6 Å². The molecule has 1 aliphatic rings. The number of nitrogens with one attached hydrogen (secondary N) is 2. The number of carbonyl (C=O) groups excluding carboxylic acids is 1. The molecular formula is C13H21N3O4S. The van der Waals surface area contributed by atoms with Gasteiger partial charge in [-0.1, -0.05) is 13.8 Å². The second-order valence-electron chi connectivity index (χ2n) is 5.67. The standard InChI is InChI=1S/C13H21N3O4S/c1-4-20-12(17)10-7-14-16-11(10)21(18,19)15-8-13(5-6-13)9(2)3/h7,9,15H,4-6,8H2,1-3H3,(H,14,16). The van der Waals surface area contributed by atoms with Gasteiger partial charge in [0.25, 0.3) is 10.0 Å². The lowest BCUT2D eigenvalue weighted by molar-refractivity contribution is 0.0522. The van der Waals surface area contributed by atoms with Gasteiger partial charge in [-0.2, -0.15) is 5.10 Å². The van der Waals surface area contributed by atoms with E-state index in [2.05, 4.69) is 28.8 Å². The minimum Gasteiger partial charge on any atom is -0.462 e. The Labute approximate surface area is 124 Å². The normalized spacial score (nSPS) is 17.0. The predicted molar refractivity (Wildman–Crippen MR) is 76.2 cm³/mol. The zero-order valence-corrected chi connectivity index (χ0v) is 13.3. The van der Waals surface area contributed by atoms with E-state index in [4.69, 9.17) is 4.74 Å². The van der Waals surface area contributed by atoms with Gasteiger partial charge < -0.3 is 4.74 Å². The highest BCUT2D eigenvalue weighted by atomic mass is 32.2. The van der Waals surface area contributed by atoms with Crippen LogP contribution in [0, 0.1) is 11.3 Å². The molecule has 0 spiro atoms. The number of hydrogen-bond acceptors (Lipinski definition) is 5. The summed E-state index contributed by atoms with van der Waals surface area (Å²) in [6.07, 6.45) is 3.20. The summed E-state index contributed by atoms with van der Waals surface area (Å²) in [7, 11) is -3.81. The summed E-state index contributed by atoms with van der Waals surface area (Å²) >= 11 is 0. The van der Waals surface area contributed by atoms with Gasteiger partial charge in [-0.25, -0.2) is 17.9 Å². The zero-order valence-electron chi connectivity index (χ0n) is 12.5. The van der Waals surface area contributed by atoms with Gasteiger partial charge in [0, 0.05) is 6.54 Å². The summed E-state index contributed by atoms with van der Waals surface area (Å²) in [6.45, 7) is 6.37. The van der Waals surface area contributed by atoms with Crippen LogP contribution in [0.3, 0.4) is 0 Å². The van der Waals surface area contributed by atoms with Crippen molar-refractivity contribution in [3.63, 3.8) is 0 Å². The molecule has 0 amide bonds. The summed E-state index contributed by atoms with van der Waals surface area (Å²) in [5, 5.41) is 5.78. The zero-order chi connectivity index (χ0) is 15.7. The molecule has 0 aromatic carbocycles. The summed E-state index contributed by atoms with van der Waals surface area (Å²) in [5.41, 5.74) is -0.0317.